The van der Waals surface area contributed by atoms with E-state index in [0.29, 0.717) is 13.2 Å². The number of amides is 1. The zero-order valence-electron chi connectivity index (χ0n) is 20.7. The van der Waals surface area contributed by atoms with Gasteiger partial charge in [0.1, 0.15) is 5.82 Å². The number of rotatable bonds is 5. The molecule has 0 atom stereocenters. The molecule has 2 saturated heterocycles. The molecule has 2 aliphatic heterocycles. The van der Waals surface area contributed by atoms with E-state index in [2.05, 4.69) is 49.4 Å². The molecule has 0 saturated carbocycles. The normalized spacial score (nSPS) is 16.6. The Labute approximate surface area is 216 Å². The van der Waals surface area contributed by atoms with Gasteiger partial charge in [-0.1, -0.05) is 18.2 Å². The fourth-order valence-electron chi connectivity index (χ4n) is 5.03. The number of nitrogens with one attached hydrogen (secondary N) is 1. The number of fused-ring (bicyclic) bond motifs is 1. The van der Waals surface area contributed by atoms with Crippen LogP contribution in [-0.2, 0) is 9.53 Å². The van der Waals surface area contributed by atoms with Gasteiger partial charge in [0.25, 0.3) is 0 Å². The second kappa shape index (κ2) is 10.5. The summed E-state index contributed by atoms with van der Waals surface area (Å²) in [6.45, 7) is 4.96. The molecular formula is C29H30N6O2. The van der Waals surface area contributed by atoms with Crippen molar-refractivity contribution in [1.29, 1.82) is 0 Å². The highest BCUT2D eigenvalue weighted by molar-refractivity contribution is 5.93. The van der Waals surface area contributed by atoms with Gasteiger partial charge >= 0.3 is 0 Å². The minimum Gasteiger partial charge on any atom is -0.381 e. The summed E-state index contributed by atoms with van der Waals surface area (Å²) in [6, 6.07) is 18.3. The van der Waals surface area contributed by atoms with Crippen LogP contribution in [0.5, 0.6) is 0 Å². The van der Waals surface area contributed by atoms with Gasteiger partial charge in [0.05, 0.1) is 17.2 Å². The van der Waals surface area contributed by atoms with Crippen molar-refractivity contribution in [3.8, 4) is 11.1 Å². The van der Waals surface area contributed by atoms with Crippen molar-refractivity contribution >= 4 is 34.1 Å². The van der Waals surface area contributed by atoms with E-state index in [-0.39, 0.29) is 11.8 Å². The van der Waals surface area contributed by atoms with Crippen LogP contribution in [0.15, 0.2) is 73.2 Å². The molecule has 8 nitrogen and oxygen atoms in total. The van der Waals surface area contributed by atoms with Crippen LogP contribution >= 0.6 is 0 Å². The monoisotopic (exact) mass is 494 g/mol. The van der Waals surface area contributed by atoms with Crippen molar-refractivity contribution in [1.82, 2.24) is 15.0 Å². The zero-order valence-corrected chi connectivity index (χ0v) is 20.7. The Balaban J connectivity index is 1.14. The van der Waals surface area contributed by atoms with Gasteiger partial charge < -0.3 is 19.9 Å². The first-order valence-corrected chi connectivity index (χ1v) is 12.9. The molecular weight excluding hydrogens is 464 g/mol. The molecule has 2 aromatic heterocycles. The third-order valence-electron chi connectivity index (χ3n) is 7.24. The van der Waals surface area contributed by atoms with Gasteiger partial charge in [-0.25, -0.2) is 4.98 Å². The van der Waals surface area contributed by atoms with Crippen molar-refractivity contribution in [2.45, 2.75) is 12.8 Å². The number of carbonyl (C=O) groups excluding carboxylic acids is 1. The third-order valence-corrected chi connectivity index (χ3v) is 7.24. The van der Waals surface area contributed by atoms with Crippen molar-refractivity contribution in [2.24, 2.45) is 5.92 Å². The summed E-state index contributed by atoms with van der Waals surface area (Å²) in [5, 5.41) is 3.05. The number of pyridine rings is 1. The van der Waals surface area contributed by atoms with Crippen LogP contribution in [0, 0.1) is 5.92 Å². The molecule has 0 radical (unpaired) electrons. The molecule has 2 fully saturated rings. The maximum absolute atomic E-state index is 12.5. The smallest absolute Gasteiger partial charge is 0.227 e. The van der Waals surface area contributed by atoms with Gasteiger partial charge in [-0.2, -0.15) is 0 Å². The Morgan fingerprint density at radius 2 is 1.54 bits per heavy atom. The average molecular weight is 495 g/mol. The maximum Gasteiger partial charge on any atom is 0.227 e. The topological polar surface area (TPSA) is 83.5 Å². The molecule has 6 rings (SSSR count). The summed E-state index contributed by atoms with van der Waals surface area (Å²) in [5.74, 6) is 1.01. The molecule has 1 N–H and O–H groups in total. The molecule has 4 aromatic rings. The molecule has 8 heteroatoms. The van der Waals surface area contributed by atoms with E-state index >= 15 is 0 Å². The molecule has 188 valence electrons. The number of anilines is 3. The SMILES string of the molecule is O=C(Nc1ccc(-c2ccc3ncc(N4CCN(c5ccncc5)CC4)nc3c2)cc1)C1CCOCC1. The first-order valence-electron chi connectivity index (χ1n) is 12.9. The summed E-state index contributed by atoms with van der Waals surface area (Å²) in [4.78, 5) is 31.0. The number of carbonyl (C=O) groups is 1. The molecule has 0 aliphatic carbocycles. The fraction of sp³-hybridized carbons (Fsp3) is 0.310. The van der Waals surface area contributed by atoms with Crippen LogP contribution in [-0.4, -0.2) is 60.3 Å². The Kier molecular flexibility index (Phi) is 6.64. The number of nitrogens with zero attached hydrogens (tertiary/aromatic N) is 5. The van der Waals surface area contributed by atoms with Gasteiger partial charge in [0.2, 0.25) is 5.91 Å². The van der Waals surface area contributed by atoms with E-state index in [9.17, 15) is 4.79 Å². The Morgan fingerprint density at radius 3 is 2.30 bits per heavy atom. The molecule has 2 aliphatic rings. The number of hydrogen-bond donors (Lipinski definition) is 1. The van der Waals surface area contributed by atoms with Crippen molar-refractivity contribution in [2.75, 3.05) is 54.5 Å². The van der Waals surface area contributed by atoms with Gasteiger partial charge in [0, 0.05) is 69.1 Å². The van der Waals surface area contributed by atoms with E-state index in [1.807, 2.05) is 48.9 Å². The minimum atomic E-state index is 0.0281. The summed E-state index contributed by atoms with van der Waals surface area (Å²) in [7, 11) is 0. The molecule has 37 heavy (non-hydrogen) atoms. The summed E-state index contributed by atoms with van der Waals surface area (Å²) in [5.41, 5.74) is 5.92. The molecule has 0 bridgehead atoms. The van der Waals surface area contributed by atoms with E-state index in [0.717, 1.165) is 72.7 Å². The lowest BCUT2D eigenvalue weighted by atomic mass is 9.99. The van der Waals surface area contributed by atoms with Crippen LogP contribution in [0.25, 0.3) is 22.2 Å². The van der Waals surface area contributed by atoms with Crippen LogP contribution in [0.3, 0.4) is 0 Å². The quantitative estimate of drug-likeness (QED) is 0.441. The van der Waals surface area contributed by atoms with E-state index in [1.165, 1.54) is 5.69 Å². The summed E-state index contributed by atoms with van der Waals surface area (Å²) in [6.07, 6.45) is 7.12. The largest absolute Gasteiger partial charge is 0.381 e. The van der Waals surface area contributed by atoms with Gasteiger partial charge in [0.15, 0.2) is 0 Å². The number of ether oxygens (including phenoxy) is 1. The minimum absolute atomic E-state index is 0.0281. The predicted molar refractivity (Wildman–Crippen MR) is 146 cm³/mol. The highest BCUT2D eigenvalue weighted by Crippen LogP contribution is 2.27. The van der Waals surface area contributed by atoms with Crippen LogP contribution < -0.4 is 15.1 Å². The van der Waals surface area contributed by atoms with Gasteiger partial charge in [-0.05, 0) is 60.4 Å². The second-order valence-electron chi connectivity index (χ2n) is 9.56. The Bertz CT molecular complexity index is 1360. The molecule has 4 heterocycles. The molecule has 0 spiro atoms. The van der Waals surface area contributed by atoms with E-state index in [4.69, 9.17) is 9.72 Å². The van der Waals surface area contributed by atoms with E-state index < -0.39 is 0 Å². The molecule has 1 amide bonds. The zero-order chi connectivity index (χ0) is 25.0. The first kappa shape index (κ1) is 23.4. The summed E-state index contributed by atoms with van der Waals surface area (Å²) < 4.78 is 5.36. The van der Waals surface area contributed by atoms with Crippen LogP contribution in [0.1, 0.15) is 12.8 Å². The number of benzene rings is 2. The maximum atomic E-state index is 12.5. The average Bonchev–Trinajstić information content (AvgIpc) is 2.98. The van der Waals surface area contributed by atoms with Crippen molar-refractivity contribution in [3.63, 3.8) is 0 Å². The number of hydrogen-bond acceptors (Lipinski definition) is 7. The van der Waals surface area contributed by atoms with Crippen LogP contribution in [0.4, 0.5) is 17.2 Å². The first-order chi connectivity index (χ1) is 18.2. The Morgan fingerprint density at radius 1 is 0.838 bits per heavy atom. The highest BCUT2D eigenvalue weighted by Gasteiger charge is 2.22. The number of piperazine rings is 1. The van der Waals surface area contributed by atoms with Crippen molar-refractivity contribution < 1.29 is 9.53 Å². The predicted octanol–water partition coefficient (Wildman–Crippen LogP) is 4.38. The van der Waals surface area contributed by atoms with Gasteiger partial charge in [-0.3, -0.25) is 14.8 Å². The second-order valence-corrected chi connectivity index (χ2v) is 9.56. The van der Waals surface area contributed by atoms with Crippen LogP contribution in [0.2, 0.25) is 0 Å². The fourth-order valence-corrected chi connectivity index (χ4v) is 5.03. The van der Waals surface area contributed by atoms with Crippen molar-refractivity contribution in [3.05, 3.63) is 73.2 Å². The Hall–Kier alpha value is -4.04. The molecule has 2 aromatic carbocycles. The van der Waals surface area contributed by atoms with Gasteiger partial charge in [-0.15, -0.1) is 0 Å². The lowest BCUT2D eigenvalue weighted by Gasteiger charge is -2.36. The standard InChI is InChI=1S/C29H30N6O2/c36-29(22-9-17-37-18-10-22)32-24-4-1-21(2-5-24)23-3-6-26-27(19-23)33-28(20-31-26)35-15-13-34(14-16-35)25-7-11-30-12-8-25/h1-8,11-12,19-20,22H,9-10,13-18H2,(H,32,36). The lowest BCUT2D eigenvalue weighted by molar-refractivity contribution is -0.122. The van der Waals surface area contributed by atoms with E-state index in [1.54, 1.807) is 0 Å². The lowest BCUT2D eigenvalue weighted by Crippen LogP contribution is -2.46. The number of aromatic nitrogens is 3. The highest BCUT2D eigenvalue weighted by atomic mass is 16.5. The summed E-state index contributed by atoms with van der Waals surface area (Å²) >= 11 is 0. The third kappa shape index (κ3) is 5.24. The molecule has 0 unspecified atom stereocenters.